The van der Waals surface area contributed by atoms with Crippen molar-refractivity contribution in [2.45, 2.75) is 34.6 Å². The number of aromatic nitrogens is 2. The highest BCUT2D eigenvalue weighted by Crippen LogP contribution is 2.28. The van der Waals surface area contributed by atoms with Gasteiger partial charge in [0.25, 0.3) is 5.91 Å². The number of carbonyl (C=O) groups excluding carboxylic acids is 1. The Morgan fingerprint density at radius 2 is 1.90 bits per heavy atom. The number of aryl methyl sites for hydroxylation is 1. The van der Waals surface area contributed by atoms with Gasteiger partial charge in [0.15, 0.2) is 0 Å². The van der Waals surface area contributed by atoms with E-state index in [-0.39, 0.29) is 5.56 Å². The minimum absolute atomic E-state index is 0.276. The first-order valence-electron chi connectivity index (χ1n) is 6.90. The topological polar surface area (TPSA) is 94.9 Å². The van der Waals surface area contributed by atoms with Crippen LogP contribution in [0.2, 0.25) is 0 Å². The lowest BCUT2D eigenvalue weighted by molar-refractivity contribution is 0.100. The molecule has 0 radical (unpaired) electrons. The van der Waals surface area contributed by atoms with E-state index in [0.717, 1.165) is 11.3 Å². The molecule has 0 spiro atoms. The molecule has 1 heterocycles. The van der Waals surface area contributed by atoms with E-state index in [2.05, 4.69) is 9.97 Å². The fourth-order valence-corrected chi connectivity index (χ4v) is 1.92. The Balaban J connectivity index is 0.00000106. The summed E-state index contributed by atoms with van der Waals surface area (Å²) in [6.45, 7) is 9.76. The van der Waals surface area contributed by atoms with Gasteiger partial charge in [-0.25, -0.2) is 4.98 Å². The zero-order valence-corrected chi connectivity index (χ0v) is 13.2. The van der Waals surface area contributed by atoms with E-state index in [0.29, 0.717) is 22.3 Å². The minimum Gasteiger partial charge on any atom is -0.398 e. The van der Waals surface area contributed by atoms with Crippen molar-refractivity contribution in [2.24, 2.45) is 5.73 Å². The zero-order valence-electron chi connectivity index (χ0n) is 13.2. The van der Waals surface area contributed by atoms with E-state index in [1.165, 1.54) is 0 Å². The number of nitrogens with two attached hydrogens (primary N) is 2. The van der Waals surface area contributed by atoms with Crippen LogP contribution in [0.1, 0.15) is 49.3 Å². The maximum atomic E-state index is 11.4. The third-order valence-electron chi connectivity index (χ3n) is 2.74. The summed E-state index contributed by atoms with van der Waals surface area (Å²) in [5, 5.41) is 0. The summed E-state index contributed by atoms with van der Waals surface area (Å²) in [5.74, 6) is -0.565. The summed E-state index contributed by atoms with van der Waals surface area (Å²) in [7, 11) is 0. The number of anilines is 1. The van der Waals surface area contributed by atoms with Crippen LogP contribution in [0.5, 0.6) is 0 Å². The number of carbonyl (C=O) groups is 1. The molecule has 0 atom stereocenters. The third kappa shape index (κ3) is 3.56. The molecule has 1 aromatic heterocycles. The number of hydrogen-bond acceptors (Lipinski definition) is 4. The number of nitrogen functional groups attached to an aromatic ring is 1. The SMILES string of the molecule is CC.CC(C)=Cc1c(N)c(C(N)=O)cc2ncc(C)nc12. The lowest BCUT2D eigenvalue weighted by atomic mass is 10.0. The molecular weight excluding hydrogens is 264 g/mol. The number of allylic oxidation sites excluding steroid dienone is 1. The molecular formula is C16H22N4O. The minimum atomic E-state index is -0.565. The molecule has 0 bridgehead atoms. The number of fused-ring (bicyclic) bond motifs is 1. The number of primary amides is 1. The number of amides is 1. The van der Waals surface area contributed by atoms with Crippen molar-refractivity contribution < 1.29 is 4.79 Å². The van der Waals surface area contributed by atoms with Crippen molar-refractivity contribution in [3.63, 3.8) is 0 Å². The average molecular weight is 286 g/mol. The fourth-order valence-electron chi connectivity index (χ4n) is 1.92. The predicted octanol–water partition coefficient (Wildman–Crippen LogP) is 3.07. The first-order chi connectivity index (χ1) is 9.90. The van der Waals surface area contributed by atoms with Crippen LogP contribution in [0.15, 0.2) is 17.8 Å². The van der Waals surface area contributed by atoms with Gasteiger partial charge in [-0.05, 0) is 26.8 Å². The first kappa shape index (κ1) is 16.6. The van der Waals surface area contributed by atoms with Gasteiger partial charge < -0.3 is 11.5 Å². The normalized spacial score (nSPS) is 9.76. The molecule has 0 saturated carbocycles. The molecule has 1 amide bonds. The number of nitrogens with zero attached hydrogens (tertiary/aromatic N) is 2. The maximum Gasteiger partial charge on any atom is 0.250 e. The Labute approximate surface area is 125 Å². The van der Waals surface area contributed by atoms with Gasteiger partial charge in [0.1, 0.15) is 0 Å². The van der Waals surface area contributed by atoms with Gasteiger partial charge in [-0.1, -0.05) is 25.5 Å². The Bertz CT molecular complexity index is 701. The number of benzene rings is 1. The highest BCUT2D eigenvalue weighted by atomic mass is 16.1. The lowest BCUT2D eigenvalue weighted by Crippen LogP contribution is -2.15. The van der Waals surface area contributed by atoms with Gasteiger partial charge >= 0.3 is 0 Å². The molecule has 21 heavy (non-hydrogen) atoms. The van der Waals surface area contributed by atoms with Crippen molar-refractivity contribution in [1.82, 2.24) is 9.97 Å². The molecule has 0 fully saturated rings. The van der Waals surface area contributed by atoms with E-state index in [9.17, 15) is 4.79 Å². The second-order valence-corrected chi connectivity index (χ2v) is 4.72. The van der Waals surface area contributed by atoms with Crippen LogP contribution in [0, 0.1) is 6.92 Å². The Morgan fingerprint density at radius 1 is 1.29 bits per heavy atom. The van der Waals surface area contributed by atoms with Crippen LogP contribution in [0.25, 0.3) is 17.1 Å². The quantitative estimate of drug-likeness (QED) is 0.829. The number of rotatable bonds is 2. The number of hydrogen-bond donors (Lipinski definition) is 2. The van der Waals surface area contributed by atoms with Gasteiger partial charge in [-0.15, -0.1) is 0 Å². The van der Waals surface area contributed by atoms with Crippen LogP contribution >= 0.6 is 0 Å². The van der Waals surface area contributed by atoms with Gasteiger partial charge in [0.05, 0.1) is 28.0 Å². The molecule has 2 rings (SSSR count). The standard InChI is InChI=1S/C14H16N4O.C2H6/c1-7(2)4-9-12(15)10(14(16)19)5-11-13(9)18-8(3)6-17-11;1-2/h4-6H,15H2,1-3H3,(H2,16,19);1-2H3. The fraction of sp³-hybridized carbons (Fsp3) is 0.312. The summed E-state index contributed by atoms with van der Waals surface area (Å²) in [5.41, 5.74) is 15.8. The molecule has 1 aromatic carbocycles. The second kappa shape index (κ2) is 6.83. The van der Waals surface area contributed by atoms with Crippen molar-refractivity contribution in [1.29, 1.82) is 0 Å². The molecule has 5 nitrogen and oxygen atoms in total. The summed E-state index contributed by atoms with van der Waals surface area (Å²) in [6.07, 6.45) is 3.54. The van der Waals surface area contributed by atoms with Gasteiger partial charge in [0.2, 0.25) is 0 Å². The summed E-state index contributed by atoms with van der Waals surface area (Å²) in [6, 6.07) is 1.59. The van der Waals surface area contributed by atoms with E-state index in [1.807, 2.05) is 40.7 Å². The summed E-state index contributed by atoms with van der Waals surface area (Å²) in [4.78, 5) is 20.2. The Hall–Kier alpha value is -2.43. The van der Waals surface area contributed by atoms with Crippen LogP contribution in [0.3, 0.4) is 0 Å². The van der Waals surface area contributed by atoms with Crippen LogP contribution in [-0.4, -0.2) is 15.9 Å². The van der Waals surface area contributed by atoms with Gasteiger partial charge in [-0.2, -0.15) is 0 Å². The molecule has 4 N–H and O–H groups in total. The highest BCUT2D eigenvalue weighted by Gasteiger charge is 2.15. The molecule has 0 unspecified atom stereocenters. The maximum absolute atomic E-state index is 11.4. The molecule has 0 aliphatic carbocycles. The third-order valence-corrected chi connectivity index (χ3v) is 2.74. The molecule has 0 aliphatic heterocycles. The Kier molecular flexibility index (Phi) is 5.41. The highest BCUT2D eigenvalue weighted by molar-refractivity contribution is 6.05. The largest absolute Gasteiger partial charge is 0.398 e. The summed E-state index contributed by atoms with van der Waals surface area (Å²) >= 11 is 0. The van der Waals surface area contributed by atoms with Gasteiger partial charge in [-0.3, -0.25) is 9.78 Å². The molecule has 5 heteroatoms. The van der Waals surface area contributed by atoms with Crippen LogP contribution in [-0.2, 0) is 0 Å². The van der Waals surface area contributed by atoms with E-state index >= 15 is 0 Å². The molecule has 112 valence electrons. The van der Waals surface area contributed by atoms with Crippen molar-refractivity contribution in [3.8, 4) is 0 Å². The van der Waals surface area contributed by atoms with E-state index in [1.54, 1.807) is 12.3 Å². The average Bonchev–Trinajstić information content (AvgIpc) is 2.43. The Morgan fingerprint density at radius 3 is 2.43 bits per heavy atom. The van der Waals surface area contributed by atoms with E-state index < -0.39 is 5.91 Å². The predicted molar refractivity (Wildman–Crippen MR) is 87.9 cm³/mol. The van der Waals surface area contributed by atoms with Crippen LogP contribution in [0.4, 0.5) is 5.69 Å². The van der Waals surface area contributed by atoms with Crippen molar-refractivity contribution in [2.75, 3.05) is 5.73 Å². The van der Waals surface area contributed by atoms with Gasteiger partial charge in [0, 0.05) is 11.8 Å². The van der Waals surface area contributed by atoms with Crippen LogP contribution < -0.4 is 11.5 Å². The summed E-state index contributed by atoms with van der Waals surface area (Å²) < 4.78 is 0. The zero-order chi connectivity index (χ0) is 16.2. The molecule has 2 aromatic rings. The smallest absolute Gasteiger partial charge is 0.250 e. The van der Waals surface area contributed by atoms with E-state index in [4.69, 9.17) is 11.5 Å². The monoisotopic (exact) mass is 286 g/mol. The van der Waals surface area contributed by atoms with Crippen molar-refractivity contribution >= 4 is 28.7 Å². The lowest BCUT2D eigenvalue weighted by Gasteiger charge is -2.10. The second-order valence-electron chi connectivity index (χ2n) is 4.72. The van der Waals surface area contributed by atoms with Crippen molar-refractivity contribution in [3.05, 3.63) is 34.7 Å². The molecule has 0 aliphatic rings. The molecule has 0 saturated heterocycles. The first-order valence-corrected chi connectivity index (χ1v) is 6.90.